The molecular weight excluding hydrogens is 376 g/mol. The number of hydrogen-bond acceptors (Lipinski definition) is 4. The molecule has 0 aliphatic heterocycles. The summed E-state index contributed by atoms with van der Waals surface area (Å²) in [6, 6.07) is 23.9. The van der Waals surface area contributed by atoms with Gasteiger partial charge in [-0.15, -0.1) is 11.6 Å². The fourth-order valence-corrected chi connectivity index (χ4v) is 2.93. The van der Waals surface area contributed by atoms with E-state index in [0.29, 0.717) is 11.3 Å². The van der Waals surface area contributed by atoms with Crippen LogP contribution in [-0.2, 0) is 20.9 Å². The number of alkyl halides is 1. The summed E-state index contributed by atoms with van der Waals surface area (Å²) in [7, 11) is 0. The zero-order valence-electron chi connectivity index (χ0n) is 15.3. The van der Waals surface area contributed by atoms with Gasteiger partial charge in [-0.25, -0.2) is 0 Å². The molecule has 0 aromatic heterocycles. The Kier molecular flexibility index (Phi) is 6.45. The van der Waals surface area contributed by atoms with E-state index in [0.717, 1.165) is 16.7 Å². The first-order valence-electron chi connectivity index (χ1n) is 8.77. The highest BCUT2D eigenvalue weighted by molar-refractivity contribution is 6.29. The zero-order chi connectivity index (χ0) is 19.9. The molecule has 3 aromatic rings. The number of para-hydroxylation sites is 1. The fourth-order valence-electron chi connectivity index (χ4n) is 2.72. The van der Waals surface area contributed by atoms with E-state index in [1.54, 1.807) is 24.3 Å². The van der Waals surface area contributed by atoms with Gasteiger partial charge in [-0.1, -0.05) is 72.8 Å². The molecule has 0 heterocycles. The van der Waals surface area contributed by atoms with Crippen molar-refractivity contribution in [3.8, 4) is 16.9 Å². The molecule has 1 atom stereocenters. The van der Waals surface area contributed by atoms with Crippen molar-refractivity contribution < 1.29 is 19.1 Å². The van der Waals surface area contributed by atoms with E-state index in [4.69, 9.17) is 21.1 Å². The molecule has 0 saturated carbocycles. The quantitative estimate of drug-likeness (QED) is 0.323. The van der Waals surface area contributed by atoms with Crippen LogP contribution in [0.15, 0.2) is 78.9 Å². The average Bonchev–Trinajstić information content (AvgIpc) is 2.72. The maximum atomic E-state index is 12.2. The van der Waals surface area contributed by atoms with Crippen LogP contribution in [0.4, 0.5) is 0 Å². The van der Waals surface area contributed by atoms with Gasteiger partial charge >= 0.3 is 11.9 Å². The Morgan fingerprint density at radius 3 is 2.21 bits per heavy atom. The van der Waals surface area contributed by atoms with Crippen molar-refractivity contribution in [3.05, 3.63) is 90.0 Å². The van der Waals surface area contributed by atoms with Crippen LogP contribution >= 0.6 is 11.6 Å². The van der Waals surface area contributed by atoms with E-state index in [1.807, 2.05) is 54.6 Å². The van der Waals surface area contributed by atoms with Gasteiger partial charge < -0.3 is 9.47 Å². The molecule has 3 rings (SSSR count). The van der Waals surface area contributed by atoms with Gasteiger partial charge in [-0.2, -0.15) is 0 Å². The van der Waals surface area contributed by atoms with Gasteiger partial charge in [0.05, 0.1) is 0 Å². The molecule has 0 fully saturated rings. The van der Waals surface area contributed by atoms with Gasteiger partial charge in [0, 0.05) is 12.5 Å². The van der Waals surface area contributed by atoms with Crippen LogP contribution in [0, 0.1) is 0 Å². The number of halogens is 1. The molecule has 0 aliphatic rings. The maximum absolute atomic E-state index is 12.2. The van der Waals surface area contributed by atoms with E-state index in [9.17, 15) is 9.59 Å². The van der Waals surface area contributed by atoms with Gasteiger partial charge in [0.1, 0.15) is 12.4 Å². The molecule has 0 bridgehead atoms. The Morgan fingerprint density at radius 1 is 0.893 bits per heavy atom. The standard InChI is InChI=1S/C23H19ClO4/c1-16(25)28-21-10-6-5-9-20(21)18-11-13-19(14-12-18)22(24)23(26)27-15-17-7-3-2-4-8-17/h2-14,22H,15H2,1H3. The lowest BCUT2D eigenvalue weighted by atomic mass is 10.0. The van der Waals surface area contributed by atoms with Crippen LogP contribution < -0.4 is 4.74 Å². The molecule has 0 N–H and O–H groups in total. The molecular formula is C23H19ClO4. The molecule has 0 saturated heterocycles. The molecule has 4 nitrogen and oxygen atoms in total. The highest BCUT2D eigenvalue weighted by Crippen LogP contribution is 2.32. The third-order valence-electron chi connectivity index (χ3n) is 4.09. The summed E-state index contributed by atoms with van der Waals surface area (Å²) in [5, 5.41) is -0.901. The van der Waals surface area contributed by atoms with Crippen molar-refractivity contribution in [2.75, 3.05) is 0 Å². The summed E-state index contributed by atoms with van der Waals surface area (Å²) in [6.07, 6.45) is 0. The predicted octanol–water partition coefficient (Wildman–Crippen LogP) is 5.30. The van der Waals surface area contributed by atoms with Crippen LogP contribution in [-0.4, -0.2) is 11.9 Å². The van der Waals surface area contributed by atoms with E-state index in [2.05, 4.69) is 0 Å². The van der Waals surface area contributed by atoms with E-state index in [-0.39, 0.29) is 12.6 Å². The molecule has 142 valence electrons. The molecule has 0 spiro atoms. The summed E-state index contributed by atoms with van der Waals surface area (Å²) >= 11 is 6.28. The smallest absolute Gasteiger partial charge is 0.328 e. The third-order valence-corrected chi connectivity index (χ3v) is 4.52. The number of ether oxygens (including phenoxy) is 2. The van der Waals surface area contributed by atoms with Gasteiger partial charge in [-0.3, -0.25) is 9.59 Å². The van der Waals surface area contributed by atoms with Crippen LogP contribution in [0.25, 0.3) is 11.1 Å². The second-order valence-corrected chi connectivity index (χ2v) is 6.60. The topological polar surface area (TPSA) is 52.6 Å². The van der Waals surface area contributed by atoms with Crippen molar-refractivity contribution in [2.24, 2.45) is 0 Å². The average molecular weight is 395 g/mol. The molecule has 0 amide bonds. The first-order chi connectivity index (χ1) is 13.5. The number of carbonyl (C=O) groups is 2. The van der Waals surface area contributed by atoms with Gasteiger partial charge in [0.25, 0.3) is 0 Å². The Balaban J connectivity index is 1.70. The number of carbonyl (C=O) groups excluding carboxylic acids is 2. The number of rotatable bonds is 6. The second kappa shape index (κ2) is 9.20. The Bertz CT molecular complexity index is 952. The summed E-state index contributed by atoms with van der Waals surface area (Å²) in [4.78, 5) is 23.5. The van der Waals surface area contributed by atoms with Crippen molar-refractivity contribution in [1.29, 1.82) is 0 Å². The largest absolute Gasteiger partial charge is 0.459 e. The van der Waals surface area contributed by atoms with Gasteiger partial charge in [0.15, 0.2) is 5.38 Å². The Morgan fingerprint density at radius 2 is 1.54 bits per heavy atom. The maximum Gasteiger partial charge on any atom is 0.328 e. The molecule has 0 radical (unpaired) electrons. The first-order valence-corrected chi connectivity index (χ1v) is 9.20. The summed E-state index contributed by atoms with van der Waals surface area (Å²) in [5.74, 6) is -0.405. The highest BCUT2D eigenvalue weighted by Gasteiger charge is 2.19. The zero-order valence-corrected chi connectivity index (χ0v) is 16.1. The predicted molar refractivity (Wildman–Crippen MR) is 108 cm³/mol. The monoisotopic (exact) mass is 394 g/mol. The first kappa shape index (κ1) is 19.6. The fraction of sp³-hybridized carbons (Fsp3) is 0.130. The number of benzene rings is 3. The molecule has 5 heteroatoms. The number of esters is 2. The lowest BCUT2D eigenvalue weighted by Crippen LogP contribution is -2.11. The molecule has 1 unspecified atom stereocenters. The highest BCUT2D eigenvalue weighted by atomic mass is 35.5. The van der Waals surface area contributed by atoms with Crippen molar-refractivity contribution in [3.63, 3.8) is 0 Å². The minimum Gasteiger partial charge on any atom is -0.459 e. The minimum atomic E-state index is -0.901. The second-order valence-electron chi connectivity index (χ2n) is 6.17. The molecule has 28 heavy (non-hydrogen) atoms. The molecule has 0 aliphatic carbocycles. The van der Waals surface area contributed by atoms with Crippen molar-refractivity contribution in [2.45, 2.75) is 18.9 Å². The molecule has 3 aromatic carbocycles. The van der Waals surface area contributed by atoms with Crippen molar-refractivity contribution in [1.82, 2.24) is 0 Å². The SMILES string of the molecule is CC(=O)Oc1ccccc1-c1ccc(C(Cl)C(=O)OCc2ccccc2)cc1. The summed E-state index contributed by atoms with van der Waals surface area (Å²) in [6.45, 7) is 1.54. The third kappa shape index (κ3) is 4.99. The Labute approximate surface area is 168 Å². The van der Waals surface area contributed by atoms with E-state index >= 15 is 0 Å². The van der Waals surface area contributed by atoms with Crippen LogP contribution in [0.3, 0.4) is 0 Å². The van der Waals surface area contributed by atoms with Crippen LogP contribution in [0.2, 0.25) is 0 Å². The van der Waals surface area contributed by atoms with E-state index in [1.165, 1.54) is 6.92 Å². The minimum absolute atomic E-state index is 0.177. The Hall–Kier alpha value is -3.11. The van der Waals surface area contributed by atoms with E-state index < -0.39 is 11.3 Å². The lowest BCUT2D eigenvalue weighted by molar-refractivity contribution is -0.144. The van der Waals surface area contributed by atoms with Gasteiger partial charge in [-0.05, 0) is 22.8 Å². The lowest BCUT2D eigenvalue weighted by Gasteiger charge is -2.12. The van der Waals surface area contributed by atoms with Crippen LogP contribution in [0.1, 0.15) is 23.4 Å². The normalized spacial score (nSPS) is 11.5. The van der Waals surface area contributed by atoms with Crippen LogP contribution in [0.5, 0.6) is 5.75 Å². The number of hydrogen-bond donors (Lipinski definition) is 0. The summed E-state index contributed by atoms with van der Waals surface area (Å²) < 4.78 is 10.5. The summed E-state index contributed by atoms with van der Waals surface area (Å²) in [5.41, 5.74) is 3.16. The van der Waals surface area contributed by atoms with Crippen molar-refractivity contribution >= 4 is 23.5 Å². The van der Waals surface area contributed by atoms with Gasteiger partial charge in [0.2, 0.25) is 0 Å².